The standard InChI is InChI=1S/C9H14O4/c1-6(10)5-9(13-2)4-3-7(9)8(11)12/h7H,3-5H2,1-2H3,(H,11,12). The van der Waals surface area contributed by atoms with Gasteiger partial charge in [-0.25, -0.2) is 0 Å². The first-order valence-electron chi connectivity index (χ1n) is 4.29. The van der Waals surface area contributed by atoms with Gasteiger partial charge in [0.2, 0.25) is 0 Å². The van der Waals surface area contributed by atoms with Gasteiger partial charge in [0.15, 0.2) is 0 Å². The predicted octanol–water partition coefficient (Wildman–Crippen LogP) is 0.845. The molecule has 1 fully saturated rings. The Hall–Kier alpha value is -0.900. The average molecular weight is 186 g/mol. The minimum atomic E-state index is -0.866. The van der Waals surface area contributed by atoms with E-state index in [9.17, 15) is 9.59 Å². The van der Waals surface area contributed by atoms with Crippen molar-refractivity contribution in [2.24, 2.45) is 5.92 Å². The van der Waals surface area contributed by atoms with E-state index in [4.69, 9.17) is 9.84 Å². The van der Waals surface area contributed by atoms with Crippen LogP contribution in [-0.4, -0.2) is 29.6 Å². The van der Waals surface area contributed by atoms with E-state index < -0.39 is 17.5 Å². The molecule has 0 saturated heterocycles. The lowest BCUT2D eigenvalue weighted by Gasteiger charge is -2.45. The Labute approximate surface area is 76.9 Å². The number of Topliss-reactive ketones (excluding diaryl/α,β-unsaturated/α-hetero) is 1. The fourth-order valence-electron chi connectivity index (χ4n) is 1.91. The van der Waals surface area contributed by atoms with Gasteiger partial charge in [0.25, 0.3) is 0 Å². The van der Waals surface area contributed by atoms with Crippen LogP contribution in [0.15, 0.2) is 0 Å². The Kier molecular flexibility index (Phi) is 2.71. The van der Waals surface area contributed by atoms with Crippen LogP contribution in [0.25, 0.3) is 0 Å². The summed E-state index contributed by atoms with van der Waals surface area (Å²) in [4.78, 5) is 21.7. The molecule has 0 bridgehead atoms. The number of hydrogen-bond donors (Lipinski definition) is 1. The Morgan fingerprint density at radius 3 is 2.46 bits per heavy atom. The van der Waals surface area contributed by atoms with Gasteiger partial charge in [0, 0.05) is 13.5 Å². The van der Waals surface area contributed by atoms with Crippen molar-refractivity contribution in [3.8, 4) is 0 Å². The third-order valence-corrected chi connectivity index (χ3v) is 2.74. The van der Waals surface area contributed by atoms with Gasteiger partial charge in [-0.1, -0.05) is 0 Å². The molecule has 0 radical (unpaired) electrons. The first kappa shape index (κ1) is 10.2. The zero-order valence-electron chi connectivity index (χ0n) is 7.87. The number of hydrogen-bond acceptors (Lipinski definition) is 3. The number of rotatable bonds is 4. The van der Waals surface area contributed by atoms with E-state index in [0.717, 1.165) is 0 Å². The second-order valence-corrected chi connectivity index (χ2v) is 3.58. The van der Waals surface area contributed by atoms with E-state index in [2.05, 4.69) is 0 Å². The van der Waals surface area contributed by atoms with Crippen LogP contribution in [0.5, 0.6) is 0 Å². The number of carbonyl (C=O) groups excluding carboxylic acids is 1. The number of carbonyl (C=O) groups is 2. The molecule has 2 atom stereocenters. The number of aliphatic carboxylic acids is 1. The molecule has 1 aliphatic carbocycles. The van der Waals surface area contributed by atoms with Crippen molar-refractivity contribution in [1.29, 1.82) is 0 Å². The average Bonchev–Trinajstić information content (AvgIpc) is 1.96. The van der Waals surface area contributed by atoms with Gasteiger partial charge in [-0.2, -0.15) is 0 Å². The molecule has 0 heterocycles. The van der Waals surface area contributed by atoms with E-state index in [1.807, 2.05) is 0 Å². The highest BCUT2D eigenvalue weighted by Gasteiger charge is 2.51. The SMILES string of the molecule is COC1(CC(C)=O)CCC1C(=O)O. The first-order chi connectivity index (χ1) is 6.02. The lowest BCUT2D eigenvalue weighted by atomic mass is 9.67. The maximum absolute atomic E-state index is 10.9. The highest BCUT2D eigenvalue weighted by molar-refractivity contribution is 5.80. The number of ether oxygens (including phenoxy) is 1. The quantitative estimate of drug-likeness (QED) is 0.706. The summed E-state index contributed by atoms with van der Waals surface area (Å²) < 4.78 is 5.16. The van der Waals surface area contributed by atoms with Gasteiger partial charge in [-0.05, 0) is 19.8 Å². The zero-order chi connectivity index (χ0) is 10.1. The minimum Gasteiger partial charge on any atom is -0.481 e. The normalized spacial score (nSPS) is 32.3. The van der Waals surface area contributed by atoms with Crippen LogP contribution >= 0.6 is 0 Å². The molecule has 0 aromatic carbocycles. The summed E-state index contributed by atoms with van der Waals surface area (Å²) in [5.41, 5.74) is -0.725. The summed E-state index contributed by atoms with van der Waals surface area (Å²) >= 11 is 0. The molecule has 1 rings (SSSR count). The Bertz CT molecular complexity index is 232. The van der Waals surface area contributed by atoms with Crippen molar-refractivity contribution in [1.82, 2.24) is 0 Å². The fourth-order valence-corrected chi connectivity index (χ4v) is 1.91. The summed E-state index contributed by atoms with van der Waals surface area (Å²) in [7, 11) is 1.47. The van der Waals surface area contributed by atoms with Crippen LogP contribution < -0.4 is 0 Å². The Morgan fingerprint density at radius 2 is 2.23 bits per heavy atom. The summed E-state index contributed by atoms with van der Waals surface area (Å²) in [5, 5.41) is 8.82. The highest BCUT2D eigenvalue weighted by atomic mass is 16.5. The largest absolute Gasteiger partial charge is 0.481 e. The lowest BCUT2D eigenvalue weighted by Crippen LogP contribution is -2.53. The van der Waals surface area contributed by atoms with E-state index in [0.29, 0.717) is 12.8 Å². The van der Waals surface area contributed by atoms with E-state index in [1.54, 1.807) is 0 Å². The summed E-state index contributed by atoms with van der Waals surface area (Å²) in [6, 6.07) is 0. The van der Waals surface area contributed by atoms with Crippen LogP contribution in [0.4, 0.5) is 0 Å². The van der Waals surface area contributed by atoms with Gasteiger partial charge in [-0.3, -0.25) is 9.59 Å². The first-order valence-corrected chi connectivity index (χ1v) is 4.29. The van der Waals surface area contributed by atoms with Crippen molar-refractivity contribution in [2.75, 3.05) is 7.11 Å². The number of methoxy groups -OCH3 is 1. The third-order valence-electron chi connectivity index (χ3n) is 2.74. The maximum atomic E-state index is 10.9. The van der Waals surface area contributed by atoms with Gasteiger partial charge in [-0.15, -0.1) is 0 Å². The van der Waals surface area contributed by atoms with Gasteiger partial charge >= 0.3 is 5.97 Å². The van der Waals surface area contributed by atoms with E-state index in [-0.39, 0.29) is 12.2 Å². The molecule has 1 N–H and O–H groups in total. The summed E-state index contributed by atoms with van der Waals surface area (Å²) in [6.45, 7) is 1.46. The molecule has 1 saturated carbocycles. The molecule has 0 aliphatic heterocycles. The van der Waals surface area contributed by atoms with Crippen molar-refractivity contribution in [3.05, 3.63) is 0 Å². The lowest BCUT2D eigenvalue weighted by molar-refractivity contribution is -0.176. The van der Waals surface area contributed by atoms with Crippen LogP contribution in [0.1, 0.15) is 26.2 Å². The molecular formula is C9H14O4. The third kappa shape index (κ3) is 1.72. The number of carboxylic acid groups (broad SMARTS) is 1. The molecule has 74 valence electrons. The minimum absolute atomic E-state index is 0.0206. The molecule has 0 amide bonds. The van der Waals surface area contributed by atoms with Gasteiger partial charge in [0.1, 0.15) is 5.78 Å². The van der Waals surface area contributed by atoms with Crippen LogP contribution in [0, 0.1) is 5.92 Å². The predicted molar refractivity (Wildman–Crippen MR) is 45.4 cm³/mol. The highest BCUT2D eigenvalue weighted by Crippen LogP contribution is 2.44. The van der Waals surface area contributed by atoms with Crippen LogP contribution in [0.2, 0.25) is 0 Å². The fraction of sp³-hybridized carbons (Fsp3) is 0.778. The number of ketones is 1. The monoisotopic (exact) mass is 186 g/mol. The van der Waals surface area contributed by atoms with Crippen LogP contribution in [-0.2, 0) is 14.3 Å². The smallest absolute Gasteiger partial charge is 0.309 e. The van der Waals surface area contributed by atoms with E-state index >= 15 is 0 Å². The molecule has 13 heavy (non-hydrogen) atoms. The molecule has 0 aromatic rings. The molecule has 2 unspecified atom stereocenters. The van der Waals surface area contributed by atoms with Crippen LogP contribution in [0.3, 0.4) is 0 Å². The molecule has 0 aromatic heterocycles. The molecular weight excluding hydrogens is 172 g/mol. The van der Waals surface area contributed by atoms with Gasteiger partial charge < -0.3 is 9.84 Å². The second-order valence-electron chi connectivity index (χ2n) is 3.58. The molecule has 1 aliphatic rings. The van der Waals surface area contributed by atoms with Crippen molar-refractivity contribution < 1.29 is 19.4 Å². The number of carboxylic acids is 1. The zero-order valence-corrected chi connectivity index (χ0v) is 7.87. The second kappa shape index (κ2) is 3.46. The van der Waals surface area contributed by atoms with Crippen molar-refractivity contribution in [2.45, 2.75) is 31.8 Å². The van der Waals surface area contributed by atoms with E-state index in [1.165, 1.54) is 14.0 Å². The summed E-state index contributed by atoms with van der Waals surface area (Å²) in [5.74, 6) is -1.40. The van der Waals surface area contributed by atoms with Gasteiger partial charge in [0.05, 0.1) is 11.5 Å². The topological polar surface area (TPSA) is 63.6 Å². The maximum Gasteiger partial charge on any atom is 0.309 e. The molecule has 4 nitrogen and oxygen atoms in total. The Balaban J connectivity index is 2.70. The molecule has 0 spiro atoms. The molecule has 4 heteroatoms. The van der Waals surface area contributed by atoms with Crippen molar-refractivity contribution in [3.63, 3.8) is 0 Å². The Morgan fingerprint density at radius 1 is 1.62 bits per heavy atom. The summed E-state index contributed by atoms with van der Waals surface area (Å²) in [6.07, 6.45) is 1.48. The van der Waals surface area contributed by atoms with Crippen molar-refractivity contribution >= 4 is 11.8 Å².